The van der Waals surface area contributed by atoms with Gasteiger partial charge >= 0.3 is 0 Å². The van der Waals surface area contributed by atoms with E-state index in [9.17, 15) is 9.90 Å². The monoisotopic (exact) mass is 495 g/mol. The standard InChI is InChI=1S/C35H44O2/c1-18(2)24-11-9-10-20(5)30-26(16-24)22(7)14-28(30)32-34(36)33(35(32)37)29-15-23(8)27-17-25(19(3)4)13-12-21(6)31(27)29/h12-15,17-20,24,26,30,36H,9-11,16H2,1-8H3/p-1/b32-28-. The van der Waals surface area contributed by atoms with E-state index in [1.54, 1.807) is 0 Å². The number of rotatable bonds is 3. The summed E-state index contributed by atoms with van der Waals surface area (Å²) in [5.74, 6) is 2.93. The first-order valence-corrected chi connectivity index (χ1v) is 14.4. The topological polar surface area (TPSA) is 40.1 Å². The number of ketones is 1. The van der Waals surface area contributed by atoms with Crippen molar-refractivity contribution in [1.82, 2.24) is 0 Å². The first-order valence-electron chi connectivity index (χ1n) is 14.4. The first kappa shape index (κ1) is 26.0. The van der Waals surface area contributed by atoms with Crippen LogP contribution in [-0.2, 0) is 4.79 Å². The predicted molar refractivity (Wildman–Crippen MR) is 152 cm³/mol. The minimum atomic E-state index is -0.0405. The van der Waals surface area contributed by atoms with E-state index < -0.39 is 0 Å². The molecule has 2 heteroatoms. The largest absolute Gasteiger partial charge is 0.871 e. The third-order valence-electron chi connectivity index (χ3n) is 9.80. The Balaban J connectivity index is 1.60. The van der Waals surface area contributed by atoms with Gasteiger partial charge in [0.1, 0.15) is 0 Å². The molecule has 0 saturated heterocycles. The quantitative estimate of drug-likeness (QED) is 0.403. The summed E-state index contributed by atoms with van der Waals surface area (Å²) in [7, 11) is 0. The molecular weight excluding hydrogens is 452 g/mol. The summed E-state index contributed by atoms with van der Waals surface area (Å²) >= 11 is 0. The molecule has 2 nitrogen and oxygen atoms in total. The van der Waals surface area contributed by atoms with Crippen LogP contribution in [0.15, 0.2) is 52.8 Å². The van der Waals surface area contributed by atoms with Gasteiger partial charge in [0.25, 0.3) is 0 Å². The van der Waals surface area contributed by atoms with E-state index in [-0.39, 0.29) is 17.5 Å². The zero-order valence-corrected chi connectivity index (χ0v) is 24.0. The van der Waals surface area contributed by atoms with Gasteiger partial charge in [-0.15, -0.1) is 0 Å². The van der Waals surface area contributed by atoms with E-state index in [0.29, 0.717) is 40.7 Å². The highest BCUT2D eigenvalue weighted by Gasteiger charge is 2.43. The van der Waals surface area contributed by atoms with Crippen LogP contribution in [0.25, 0.3) is 16.7 Å². The summed E-state index contributed by atoms with van der Waals surface area (Å²) < 4.78 is 0. The predicted octanol–water partition coefficient (Wildman–Crippen LogP) is 8.16. The molecule has 37 heavy (non-hydrogen) atoms. The van der Waals surface area contributed by atoms with E-state index in [1.807, 2.05) is 0 Å². The number of hydrogen-bond donors (Lipinski definition) is 0. The summed E-state index contributed by atoms with van der Waals surface area (Å²) in [5, 5.41) is 13.8. The third-order valence-corrected chi connectivity index (χ3v) is 9.80. The zero-order valence-electron chi connectivity index (χ0n) is 24.0. The van der Waals surface area contributed by atoms with Gasteiger partial charge in [-0.25, -0.2) is 0 Å². The summed E-state index contributed by atoms with van der Waals surface area (Å²) in [4.78, 5) is 13.8. The van der Waals surface area contributed by atoms with Crippen molar-refractivity contribution >= 4 is 11.4 Å². The Morgan fingerprint density at radius 2 is 1.65 bits per heavy atom. The molecular formula is C35H43O2-. The van der Waals surface area contributed by atoms with Gasteiger partial charge in [0, 0.05) is 11.1 Å². The molecule has 5 aliphatic carbocycles. The molecule has 0 aliphatic heterocycles. The van der Waals surface area contributed by atoms with Crippen molar-refractivity contribution in [2.45, 2.75) is 87.0 Å². The molecule has 5 aliphatic rings. The van der Waals surface area contributed by atoms with Crippen LogP contribution >= 0.6 is 0 Å². The fraction of sp³-hybridized carbons (Fsp3) is 0.514. The van der Waals surface area contributed by atoms with Crippen LogP contribution < -0.4 is 5.11 Å². The van der Waals surface area contributed by atoms with Crippen molar-refractivity contribution in [3.8, 4) is 11.1 Å². The minimum Gasteiger partial charge on any atom is -0.871 e. The van der Waals surface area contributed by atoms with Gasteiger partial charge in [-0.2, -0.15) is 0 Å². The Labute approximate surface area is 223 Å². The van der Waals surface area contributed by atoms with Crippen LogP contribution in [0.2, 0.25) is 0 Å². The third kappa shape index (κ3) is 4.21. The number of hydrogen-bond acceptors (Lipinski definition) is 2. The molecule has 0 radical (unpaired) electrons. The number of fused-ring (bicyclic) bond motifs is 2. The Kier molecular flexibility index (Phi) is 6.75. The van der Waals surface area contributed by atoms with Crippen molar-refractivity contribution < 1.29 is 9.90 Å². The van der Waals surface area contributed by atoms with E-state index in [1.165, 1.54) is 36.8 Å². The average molecular weight is 496 g/mol. The Morgan fingerprint density at radius 1 is 0.919 bits per heavy atom. The Bertz CT molecular complexity index is 1310. The number of Topliss-reactive ketones (excluding diaryl/α,β-unsaturated/α-hetero) is 1. The molecule has 0 spiro atoms. The highest BCUT2D eigenvalue weighted by Crippen LogP contribution is 2.53. The molecule has 0 N–H and O–H groups in total. The molecule has 5 rings (SSSR count). The molecule has 196 valence electrons. The summed E-state index contributed by atoms with van der Waals surface area (Å²) in [6.07, 6.45) is 7.08. The van der Waals surface area contributed by atoms with Gasteiger partial charge in [-0.3, -0.25) is 4.79 Å². The maximum Gasteiger partial charge on any atom is 0.192 e. The van der Waals surface area contributed by atoms with Crippen molar-refractivity contribution in [2.24, 2.45) is 29.6 Å². The molecule has 0 heterocycles. The van der Waals surface area contributed by atoms with Gasteiger partial charge < -0.3 is 5.11 Å². The first-order chi connectivity index (χ1) is 17.5. The van der Waals surface area contributed by atoms with Crippen LogP contribution in [0.3, 0.4) is 0 Å². The molecule has 4 atom stereocenters. The second-order valence-electron chi connectivity index (χ2n) is 12.9. The number of carbonyl (C=O) groups is 1. The van der Waals surface area contributed by atoms with Crippen molar-refractivity contribution in [2.75, 3.05) is 0 Å². The fourth-order valence-corrected chi connectivity index (χ4v) is 7.45. The highest BCUT2D eigenvalue weighted by molar-refractivity contribution is 6.40. The second kappa shape index (κ2) is 9.61. The van der Waals surface area contributed by atoms with Gasteiger partial charge in [-0.05, 0) is 102 Å². The fourth-order valence-electron chi connectivity index (χ4n) is 7.45. The molecule has 4 unspecified atom stereocenters. The van der Waals surface area contributed by atoms with Crippen molar-refractivity contribution in [3.05, 3.63) is 75.1 Å². The smallest absolute Gasteiger partial charge is 0.192 e. The molecule has 0 amide bonds. The number of aryl methyl sites for hydroxylation is 2. The lowest BCUT2D eigenvalue weighted by Crippen LogP contribution is -2.33. The van der Waals surface area contributed by atoms with Gasteiger partial charge in [0.05, 0.1) is 0 Å². The van der Waals surface area contributed by atoms with E-state index >= 15 is 0 Å². The van der Waals surface area contributed by atoms with Gasteiger partial charge in [0.2, 0.25) is 0 Å². The zero-order chi connectivity index (χ0) is 26.8. The summed E-state index contributed by atoms with van der Waals surface area (Å²) in [6.45, 7) is 17.8. The van der Waals surface area contributed by atoms with E-state index in [2.05, 4.69) is 85.7 Å². The molecule has 1 fully saturated rings. The lowest BCUT2D eigenvalue weighted by atomic mass is 9.67. The van der Waals surface area contributed by atoms with E-state index in [4.69, 9.17) is 0 Å². The average Bonchev–Trinajstić information content (AvgIpc) is 3.21. The van der Waals surface area contributed by atoms with Crippen LogP contribution in [0.1, 0.15) is 95.4 Å². The van der Waals surface area contributed by atoms with Gasteiger partial charge in [0.15, 0.2) is 5.78 Å². The SMILES string of the molecule is CC1=C/C(=C2/C(=O)C(c3cc(C)c4cc(C(C)C)ccc(C)c3-4)=C2[O-])C2C(C)CCCC(C(C)C)CC12. The molecule has 0 aromatic carbocycles. The normalized spacial score (nSPS) is 28.5. The summed E-state index contributed by atoms with van der Waals surface area (Å²) in [6, 6.07) is 8.63. The van der Waals surface area contributed by atoms with Crippen LogP contribution in [-0.4, -0.2) is 5.78 Å². The van der Waals surface area contributed by atoms with Crippen LogP contribution in [0.5, 0.6) is 0 Å². The molecule has 0 aromatic rings. The minimum absolute atomic E-state index is 0.0405. The van der Waals surface area contributed by atoms with Crippen LogP contribution in [0, 0.1) is 43.4 Å². The van der Waals surface area contributed by atoms with Crippen molar-refractivity contribution in [3.63, 3.8) is 0 Å². The van der Waals surface area contributed by atoms with Gasteiger partial charge in [-0.1, -0.05) is 95.6 Å². The molecule has 1 saturated carbocycles. The molecule has 0 bridgehead atoms. The van der Waals surface area contributed by atoms with E-state index in [0.717, 1.165) is 33.4 Å². The summed E-state index contributed by atoms with van der Waals surface area (Å²) in [5.41, 5.74) is 9.83. The Morgan fingerprint density at radius 3 is 2.30 bits per heavy atom. The Hall–Kier alpha value is -2.61. The van der Waals surface area contributed by atoms with Crippen LogP contribution in [0.4, 0.5) is 0 Å². The van der Waals surface area contributed by atoms with Crippen molar-refractivity contribution in [1.29, 1.82) is 0 Å². The number of allylic oxidation sites excluding steroid dienone is 5. The lowest BCUT2D eigenvalue weighted by molar-refractivity contribution is -0.297. The maximum atomic E-state index is 13.8. The lowest BCUT2D eigenvalue weighted by Gasteiger charge is -2.39. The maximum absolute atomic E-state index is 13.8. The highest BCUT2D eigenvalue weighted by atomic mass is 16.3. The molecule has 0 aromatic heterocycles. The second-order valence-corrected chi connectivity index (χ2v) is 12.9. The number of carbonyl (C=O) groups excluding carboxylic acids is 1.